The second-order valence-corrected chi connectivity index (χ2v) is 7.20. The summed E-state index contributed by atoms with van der Waals surface area (Å²) < 4.78 is 0. The summed E-state index contributed by atoms with van der Waals surface area (Å²) in [6.07, 6.45) is 3.86. The Labute approximate surface area is 159 Å². The first-order valence-electron chi connectivity index (χ1n) is 9.45. The van der Waals surface area contributed by atoms with Crippen LogP contribution in [0.3, 0.4) is 0 Å². The first-order valence-corrected chi connectivity index (χ1v) is 9.45. The molecule has 140 valence electrons. The molecule has 0 spiro atoms. The van der Waals surface area contributed by atoms with Crippen LogP contribution in [0.2, 0.25) is 0 Å². The van der Waals surface area contributed by atoms with Crippen molar-refractivity contribution in [2.24, 2.45) is 5.92 Å². The number of piperazine rings is 1. The Morgan fingerprint density at radius 3 is 2.81 bits per heavy atom. The Hall–Kier alpha value is -2.73. The molecule has 2 amide bonds. The molecule has 6 heteroatoms. The van der Waals surface area contributed by atoms with Crippen molar-refractivity contribution in [3.05, 3.63) is 66.0 Å². The van der Waals surface area contributed by atoms with Crippen molar-refractivity contribution in [1.29, 1.82) is 0 Å². The first-order chi connectivity index (χ1) is 13.2. The first kappa shape index (κ1) is 17.7. The molecule has 2 atom stereocenters. The smallest absolute Gasteiger partial charge is 0.228 e. The Morgan fingerprint density at radius 2 is 2.04 bits per heavy atom. The van der Waals surface area contributed by atoms with E-state index in [0.717, 1.165) is 17.7 Å². The topological polar surface area (TPSA) is 65.5 Å². The van der Waals surface area contributed by atoms with Crippen LogP contribution in [0.1, 0.15) is 23.6 Å². The molecule has 0 aliphatic carbocycles. The maximum absolute atomic E-state index is 13.2. The molecule has 1 aromatic carbocycles. The van der Waals surface area contributed by atoms with Gasteiger partial charge in [0.25, 0.3) is 0 Å². The van der Waals surface area contributed by atoms with Gasteiger partial charge in [0.05, 0.1) is 12.0 Å². The average Bonchev–Trinajstić information content (AvgIpc) is 3.09. The van der Waals surface area contributed by atoms with Crippen molar-refractivity contribution in [2.75, 3.05) is 26.2 Å². The van der Waals surface area contributed by atoms with Crippen LogP contribution in [0, 0.1) is 5.92 Å². The Morgan fingerprint density at radius 1 is 1.19 bits per heavy atom. The minimum Gasteiger partial charge on any atom is -0.338 e. The van der Waals surface area contributed by atoms with Gasteiger partial charge in [-0.05, 0) is 17.2 Å². The summed E-state index contributed by atoms with van der Waals surface area (Å²) >= 11 is 0. The molecule has 2 aliphatic rings. The molecule has 0 radical (unpaired) electrons. The average molecular weight is 364 g/mol. The molecule has 2 aliphatic heterocycles. The maximum atomic E-state index is 13.2. The zero-order valence-corrected chi connectivity index (χ0v) is 15.3. The molecular formula is C21H24N4O2. The molecule has 0 saturated carbocycles. The summed E-state index contributed by atoms with van der Waals surface area (Å²) in [5.41, 5.74) is 2.12. The van der Waals surface area contributed by atoms with E-state index in [9.17, 15) is 9.59 Å². The van der Waals surface area contributed by atoms with Crippen molar-refractivity contribution in [3.63, 3.8) is 0 Å². The van der Waals surface area contributed by atoms with Gasteiger partial charge in [-0.15, -0.1) is 0 Å². The van der Waals surface area contributed by atoms with Crippen molar-refractivity contribution < 1.29 is 9.59 Å². The van der Waals surface area contributed by atoms with Crippen LogP contribution in [0.15, 0.2) is 54.9 Å². The van der Waals surface area contributed by atoms with Gasteiger partial charge in [0.2, 0.25) is 11.8 Å². The molecule has 4 rings (SSSR count). The number of rotatable bonds is 4. The van der Waals surface area contributed by atoms with E-state index in [4.69, 9.17) is 0 Å². The van der Waals surface area contributed by atoms with Crippen LogP contribution in [-0.2, 0) is 16.1 Å². The summed E-state index contributed by atoms with van der Waals surface area (Å²) in [6.45, 7) is 3.21. The van der Waals surface area contributed by atoms with Crippen molar-refractivity contribution in [3.8, 4) is 0 Å². The van der Waals surface area contributed by atoms with Gasteiger partial charge in [-0.3, -0.25) is 14.6 Å². The van der Waals surface area contributed by atoms with Gasteiger partial charge in [0.15, 0.2) is 0 Å². The SMILES string of the molecule is O=C1CC(C(=O)N2CCNCC2c2cccnc2)CN1Cc1ccccc1. The van der Waals surface area contributed by atoms with Crippen LogP contribution in [0.5, 0.6) is 0 Å². The fourth-order valence-electron chi connectivity index (χ4n) is 3.97. The molecule has 2 aromatic rings. The maximum Gasteiger partial charge on any atom is 0.228 e. The molecule has 2 saturated heterocycles. The number of nitrogens with one attached hydrogen (secondary N) is 1. The highest BCUT2D eigenvalue weighted by Gasteiger charge is 2.39. The Balaban J connectivity index is 1.46. The summed E-state index contributed by atoms with van der Waals surface area (Å²) in [4.78, 5) is 33.6. The van der Waals surface area contributed by atoms with Gasteiger partial charge >= 0.3 is 0 Å². The van der Waals surface area contributed by atoms with Crippen LogP contribution >= 0.6 is 0 Å². The van der Waals surface area contributed by atoms with Gasteiger partial charge in [-0.25, -0.2) is 0 Å². The molecule has 1 aromatic heterocycles. The Bertz CT molecular complexity index is 796. The monoisotopic (exact) mass is 364 g/mol. The predicted octanol–water partition coefficient (Wildman–Crippen LogP) is 1.60. The lowest BCUT2D eigenvalue weighted by Crippen LogP contribution is -2.50. The highest BCUT2D eigenvalue weighted by molar-refractivity contribution is 5.89. The number of hydrogen-bond acceptors (Lipinski definition) is 4. The molecule has 3 heterocycles. The third-order valence-corrected chi connectivity index (χ3v) is 5.38. The van der Waals surface area contributed by atoms with Crippen LogP contribution in [-0.4, -0.2) is 52.8 Å². The highest BCUT2D eigenvalue weighted by Crippen LogP contribution is 2.28. The lowest BCUT2D eigenvalue weighted by molar-refractivity contribution is -0.139. The van der Waals surface area contributed by atoms with Crippen molar-refractivity contribution in [1.82, 2.24) is 20.1 Å². The normalized spacial score (nSPS) is 22.9. The van der Waals surface area contributed by atoms with E-state index in [1.807, 2.05) is 53.6 Å². The second kappa shape index (κ2) is 7.88. The quantitative estimate of drug-likeness (QED) is 0.895. The number of likely N-dealkylation sites (tertiary alicyclic amines) is 1. The number of nitrogens with zero attached hydrogens (tertiary/aromatic N) is 3. The molecule has 2 fully saturated rings. The van der Waals surface area contributed by atoms with E-state index in [2.05, 4.69) is 10.3 Å². The van der Waals surface area contributed by atoms with E-state index in [1.54, 1.807) is 11.1 Å². The number of carbonyl (C=O) groups excluding carboxylic acids is 2. The lowest BCUT2D eigenvalue weighted by atomic mass is 10.0. The van der Waals surface area contributed by atoms with E-state index >= 15 is 0 Å². The highest BCUT2D eigenvalue weighted by atomic mass is 16.2. The van der Waals surface area contributed by atoms with Crippen LogP contribution in [0.25, 0.3) is 0 Å². The Kier molecular flexibility index (Phi) is 5.16. The van der Waals surface area contributed by atoms with E-state index in [-0.39, 0.29) is 23.8 Å². The molecular weight excluding hydrogens is 340 g/mol. The summed E-state index contributed by atoms with van der Waals surface area (Å²) in [7, 11) is 0. The number of hydrogen-bond donors (Lipinski definition) is 1. The fraction of sp³-hybridized carbons (Fsp3) is 0.381. The zero-order valence-electron chi connectivity index (χ0n) is 15.3. The minimum absolute atomic E-state index is 0.0294. The number of benzene rings is 1. The largest absolute Gasteiger partial charge is 0.338 e. The zero-order chi connectivity index (χ0) is 18.6. The van der Waals surface area contributed by atoms with Gasteiger partial charge in [-0.2, -0.15) is 0 Å². The van der Waals surface area contributed by atoms with Gasteiger partial charge < -0.3 is 15.1 Å². The number of carbonyl (C=O) groups is 2. The predicted molar refractivity (Wildman–Crippen MR) is 102 cm³/mol. The van der Waals surface area contributed by atoms with Gasteiger partial charge in [0, 0.05) is 51.5 Å². The third kappa shape index (κ3) is 3.85. The van der Waals surface area contributed by atoms with E-state index < -0.39 is 0 Å². The summed E-state index contributed by atoms with van der Waals surface area (Å²) in [6, 6.07) is 13.8. The van der Waals surface area contributed by atoms with Crippen LogP contribution in [0.4, 0.5) is 0 Å². The molecule has 1 N–H and O–H groups in total. The number of pyridine rings is 1. The third-order valence-electron chi connectivity index (χ3n) is 5.38. The summed E-state index contributed by atoms with van der Waals surface area (Å²) in [5.74, 6) is -0.127. The van der Waals surface area contributed by atoms with Crippen molar-refractivity contribution in [2.45, 2.75) is 19.0 Å². The lowest BCUT2D eigenvalue weighted by Gasteiger charge is -2.37. The van der Waals surface area contributed by atoms with Gasteiger partial charge in [0.1, 0.15) is 0 Å². The fourth-order valence-corrected chi connectivity index (χ4v) is 3.97. The van der Waals surface area contributed by atoms with Crippen LogP contribution < -0.4 is 5.32 Å². The van der Waals surface area contributed by atoms with E-state index in [1.165, 1.54) is 0 Å². The van der Waals surface area contributed by atoms with E-state index in [0.29, 0.717) is 32.6 Å². The molecule has 2 unspecified atom stereocenters. The standard InChI is InChI=1S/C21H24N4O2/c26-20-11-18(15-24(20)14-16-5-2-1-3-6-16)21(27)25-10-9-23-13-19(25)17-7-4-8-22-12-17/h1-8,12,18-19,23H,9-11,13-15H2. The van der Waals surface area contributed by atoms with Crippen molar-refractivity contribution >= 4 is 11.8 Å². The number of amides is 2. The molecule has 27 heavy (non-hydrogen) atoms. The van der Waals surface area contributed by atoms with Gasteiger partial charge in [-0.1, -0.05) is 36.4 Å². The minimum atomic E-state index is -0.265. The molecule has 0 bridgehead atoms. The summed E-state index contributed by atoms with van der Waals surface area (Å²) in [5, 5.41) is 3.36. The number of aromatic nitrogens is 1. The second-order valence-electron chi connectivity index (χ2n) is 7.20. The molecule has 6 nitrogen and oxygen atoms in total.